The third-order valence-corrected chi connectivity index (χ3v) is 4.78. The van der Waals surface area contributed by atoms with Gasteiger partial charge in [-0.3, -0.25) is 10.2 Å². The zero-order valence-electron chi connectivity index (χ0n) is 15.6. The maximum absolute atomic E-state index is 13.3. The van der Waals surface area contributed by atoms with E-state index in [1.54, 1.807) is 19.1 Å². The van der Waals surface area contributed by atoms with Crippen LogP contribution in [0.15, 0.2) is 30.6 Å². The molecule has 2 heterocycles. The summed E-state index contributed by atoms with van der Waals surface area (Å²) in [4.78, 5) is 21.2. The van der Waals surface area contributed by atoms with Crippen molar-refractivity contribution in [3.8, 4) is 0 Å². The number of fused-ring (bicyclic) bond motifs is 1. The number of amides is 1. The van der Waals surface area contributed by atoms with E-state index in [4.69, 9.17) is 27.5 Å². The molecule has 4 N–H and O–H groups in total. The van der Waals surface area contributed by atoms with Gasteiger partial charge in [-0.1, -0.05) is 11.6 Å². The average Bonchev–Trinajstić information content (AvgIpc) is 3.05. The van der Waals surface area contributed by atoms with Gasteiger partial charge in [0.25, 0.3) is 5.91 Å². The average molecular weight is 437 g/mol. The summed E-state index contributed by atoms with van der Waals surface area (Å²) < 4.78 is 19.4. The first-order chi connectivity index (χ1) is 13.8. The monoisotopic (exact) mass is 436 g/mol. The predicted molar refractivity (Wildman–Crippen MR) is 112 cm³/mol. The molecule has 3 aromatic rings. The summed E-state index contributed by atoms with van der Waals surface area (Å²) in [6.45, 7) is 2.10. The van der Waals surface area contributed by atoms with Crippen molar-refractivity contribution in [3.63, 3.8) is 0 Å². The molecule has 0 bridgehead atoms. The van der Waals surface area contributed by atoms with E-state index in [9.17, 15) is 8.68 Å². The molecule has 29 heavy (non-hydrogen) atoms. The molecule has 8 nitrogen and oxygen atoms in total. The Kier molecular flexibility index (Phi) is 6.36. The Morgan fingerprint density at radius 1 is 1.48 bits per heavy atom. The summed E-state index contributed by atoms with van der Waals surface area (Å²) in [5, 5.41) is 11.6. The summed E-state index contributed by atoms with van der Waals surface area (Å²) in [6, 6.07) is 4.49. The van der Waals surface area contributed by atoms with Gasteiger partial charge >= 0.3 is 0 Å². The largest absolute Gasteiger partial charge is 0.398 e. The minimum absolute atomic E-state index is 0.00771. The van der Waals surface area contributed by atoms with Gasteiger partial charge in [-0.2, -0.15) is 0 Å². The number of carbonyl (C=O) groups excluding carboxylic acids is 1. The molecule has 3 rings (SSSR count). The van der Waals surface area contributed by atoms with Crippen molar-refractivity contribution >= 4 is 52.4 Å². The van der Waals surface area contributed by atoms with Crippen molar-refractivity contribution in [1.82, 2.24) is 19.3 Å². The molecule has 1 atom stereocenters. The number of halogens is 2. The molecule has 1 unspecified atom stereocenters. The number of nitrogen functional groups attached to an aromatic ring is 1. The van der Waals surface area contributed by atoms with Gasteiger partial charge in [0.1, 0.15) is 11.2 Å². The van der Waals surface area contributed by atoms with Gasteiger partial charge < -0.3 is 15.8 Å². The van der Waals surface area contributed by atoms with Crippen LogP contribution in [0.4, 0.5) is 9.57 Å². The SMILES string of the molecule is COCC(C)NC(=O)c1cn(SF)c2ncc(C(=N)c3ccc(Cl)cc3N)nc12. The van der Waals surface area contributed by atoms with E-state index < -0.39 is 5.91 Å². The first-order valence-corrected chi connectivity index (χ1v) is 9.52. The zero-order chi connectivity index (χ0) is 21.1. The second-order valence-corrected chi connectivity index (χ2v) is 7.27. The molecule has 0 aliphatic rings. The molecule has 0 aliphatic carbocycles. The normalized spacial score (nSPS) is 12.1. The van der Waals surface area contributed by atoms with Gasteiger partial charge in [-0.25, -0.2) is 13.9 Å². The standard InChI is InChI=1S/C18H18ClFN6O2S/c1-9(8-28-2)24-18(27)12-7-26(29-20)17-16(12)25-14(6-23-17)15(22)11-4-3-10(19)5-13(11)21/h3-7,9,22H,8,21H2,1-2H3,(H,24,27). The van der Waals surface area contributed by atoms with Crippen molar-refractivity contribution in [2.45, 2.75) is 13.0 Å². The van der Waals surface area contributed by atoms with Gasteiger partial charge in [0.15, 0.2) is 18.0 Å². The highest BCUT2D eigenvalue weighted by atomic mass is 35.5. The number of nitrogens with zero attached hydrogens (tertiary/aromatic N) is 3. The topological polar surface area (TPSA) is 119 Å². The smallest absolute Gasteiger partial charge is 0.255 e. The van der Waals surface area contributed by atoms with Gasteiger partial charge in [0.05, 0.1) is 24.1 Å². The van der Waals surface area contributed by atoms with Crippen LogP contribution in [-0.2, 0) is 4.74 Å². The number of methoxy groups -OCH3 is 1. The number of anilines is 1. The number of nitrogens with one attached hydrogen (secondary N) is 2. The van der Waals surface area contributed by atoms with E-state index >= 15 is 0 Å². The summed E-state index contributed by atoms with van der Waals surface area (Å²) in [6.07, 6.45) is 2.65. The van der Waals surface area contributed by atoms with E-state index in [-0.39, 0.29) is 46.5 Å². The van der Waals surface area contributed by atoms with Crippen molar-refractivity contribution in [2.24, 2.45) is 0 Å². The number of aromatic nitrogens is 3. The minimum atomic E-state index is -0.448. The van der Waals surface area contributed by atoms with Crippen LogP contribution in [-0.4, -0.2) is 45.3 Å². The van der Waals surface area contributed by atoms with Crippen molar-refractivity contribution in [2.75, 3.05) is 19.5 Å². The fourth-order valence-electron chi connectivity index (χ4n) is 2.80. The van der Waals surface area contributed by atoms with E-state index in [2.05, 4.69) is 15.3 Å². The number of nitrogens with two attached hydrogens (primary N) is 1. The number of ether oxygens (including phenoxy) is 1. The molecule has 0 saturated heterocycles. The van der Waals surface area contributed by atoms with Crippen LogP contribution in [0.1, 0.15) is 28.5 Å². The molecule has 0 spiro atoms. The highest BCUT2D eigenvalue weighted by molar-refractivity contribution is 7.92. The third kappa shape index (κ3) is 4.34. The fraction of sp³-hybridized carbons (Fsp3) is 0.222. The van der Waals surface area contributed by atoms with Crippen LogP contribution < -0.4 is 11.1 Å². The lowest BCUT2D eigenvalue weighted by molar-refractivity contribution is 0.0907. The van der Waals surface area contributed by atoms with Crippen LogP contribution in [0.3, 0.4) is 0 Å². The fourth-order valence-corrected chi connectivity index (χ4v) is 3.32. The molecule has 2 aromatic heterocycles. The van der Waals surface area contributed by atoms with Crippen LogP contribution in [0.5, 0.6) is 0 Å². The zero-order valence-corrected chi connectivity index (χ0v) is 17.1. The van der Waals surface area contributed by atoms with Crippen molar-refractivity contribution < 1.29 is 13.4 Å². The van der Waals surface area contributed by atoms with Gasteiger partial charge in [-0.15, -0.1) is 3.89 Å². The summed E-state index contributed by atoms with van der Waals surface area (Å²) in [7, 11) is 1.53. The number of hydrogen-bond acceptors (Lipinski definition) is 7. The minimum Gasteiger partial charge on any atom is -0.398 e. The lowest BCUT2D eigenvalue weighted by atomic mass is 10.1. The van der Waals surface area contributed by atoms with Gasteiger partial charge in [0.2, 0.25) is 0 Å². The molecule has 0 saturated carbocycles. The van der Waals surface area contributed by atoms with Gasteiger partial charge in [-0.05, 0) is 25.1 Å². The molecule has 1 aromatic carbocycles. The Morgan fingerprint density at radius 3 is 2.90 bits per heavy atom. The van der Waals surface area contributed by atoms with E-state index in [1.807, 2.05) is 0 Å². The Hall–Kier alpha value is -2.69. The number of hydrogen-bond donors (Lipinski definition) is 3. The Morgan fingerprint density at radius 2 is 2.24 bits per heavy atom. The highest BCUT2D eigenvalue weighted by Gasteiger charge is 2.21. The Bertz CT molecular complexity index is 1090. The second kappa shape index (κ2) is 8.76. The molecule has 152 valence electrons. The van der Waals surface area contributed by atoms with Crippen molar-refractivity contribution in [1.29, 1.82) is 5.41 Å². The number of carbonyl (C=O) groups is 1. The molecule has 0 radical (unpaired) electrons. The number of rotatable bonds is 7. The summed E-state index contributed by atoms with van der Waals surface area (Å²) >= 11 is 5.81. The predicted octanol–water partition coefficient (Wildman–Crippen LogP) is 3.23. The maximum Gasteiger partial charge on any atom is 0.255 e. The van der Waals surface area contributed by atoms with E-state index in [0.717, 1.165) is 3.97 Å². The van der Waals surface area contributed by atoms with Crippen LogP contribution >= 0.6 is 23.9 Å². The first kappa shape index (κ1) is 21.0. The van der Waals surface area contributed by atoms with Gasteiger partial charge in [0, 0.05) is 35.6 Å². The molecular formula is C18H18ClFN6O2S. The maximum atomic E-state index is 13.3. The van der Waals surface area contributed by atoms with Crippen LogP contribution in [0, 0.1) is 5.41 Å². The lowest BCUT2D eigenvalue weighted by Crippen LogP contribution is -2.35. The summed E-state index contributed by atoms with van der Waals surface area (Å²) in [5.74, 6) is -0.448. The van der Waals surface area contributed by atoms with Crippen LogP contribution in [0.25, 0.3) is 11.2 Å². The van der Waals surface area contributed by atoms with Crippen LogP contribution in [0.2, 0.25) is 5.02 Å². The summed E-state index contributed by atoms with van der Waals surface area (Å²) in [5.41, 5.74) is 7.36. The van der Waals surface area contributed by atoms with E-state index in [1.165, 1.54) is 25.6 Å². The Balaban J connectivity index is 2.03. The Labute approximate surface area is 175 Å². The molecule has 1 amide bonds. The quantitative estimate of drug-likeness (QED) is 0.386. The molecule has 11 heteroatoms. The molecule has 0 fully saturated rings. The number of benzene rings is 1. The van der Waals surface area contributed by atoms with Crippen molar-refractivity contribution in [3.05, 3.63) is 52.4 Å². The molecule has 0 aliphatic heterocycles. The first-order valence-electron chi connectivity index (χ1n) is 8.47. The third-order valence-electron chi connectivity index (χ3n) is 4.12. The highest BCUT2D eigenvalue weighted by Crippen LogP contribution is 2.25. The molecular weight excluding hydrogens is 419 g/mol. The lowest BCUT2D eigenvalue weighted by Gasteiger charge is -2.12. The second-order valence-electron chi connectivity index (χ2n) is 6.30. The van der Waals surface area contributed by atoms with E-state index in [0.29, 0.717) is 22.9 Å².